The molecule has 0 bridgehead atoms. The molecule has 0 spiro atoms. The van der Waals surface area contributed by atoms with Crippen LogP contribution < -0.4 is 0 Å². The molecular weight excluding hydrogens is 375 g/mol. The number of halogens is 1. The third-order valence-corrected chi connectivity index (χ3v) is 4.14. The van der Waals surface area contributed by atoms with Crippen molar-refractivity contribution in [3.63, 3.8) is 0 Å². The second-order valence-electron chi connectivity index (χ2n) is 5.97. The topological polar surface area (TPSA) is 77.3 Å². The number of carbonyl (C=O) groups is 2. The maximum atomic E-state index is 13.1. The molecule has 0 saturated carbocycles. The lowest BCUT2D eigenvalue weighted by molar-refractivity contribution is 0.0592. The molecule has 0 N–H and O–H groups in total. The average molecular weight is 392 g/mol. The van der Waals surface area contributed by atoms with E-state index in [9.17, 15) is 14.0 Å². The van der Waals surface area contributed by atoms with Crippen molar-refractivity contribution < 1.29 is 23.5 Å². The number of carbonyl (C=O) groups excluding carboxylic acids is 2. The van der Waals surface area contributed by atoms with Gasteiger partial charge in [-0.1, -0.05) is 18.2 Å². The van der Waals surface area contributed by atoms with Gasteiger partial charge in [0.1, 0.15) is 5.82 Å². The van der Waals surface area contributed by atoms with Gasteiger partial charge in [0.2, 0.25) is 0 Å². The summed E-state index contributed by atoms with van der Waals surface area (Å²) in [6, 6.07) is 17.2. The highest BCUT2D eigenvalue weighted by Crippen LogP contribution is 2.33. The van der Waals surface area contributed by atoms with Gasteiger partial charge < -0.3 is 9.47 Å². The van der Waals surface area contributed by atoms with Crippen molar-refractivity contribution in [1.82, 2.24) is 0 Å². The molecule has 3 aromatic rings. The summed E-state index contributed by atoms with van der Waals surface area (Å²) in [6.07, 6.45) is 0. The summed E-state index contributed by atoms with van der Waals surface area (Å²) in [5, 5.41) is 8.36. The minimum Gasteiger partial charge on any atom is -0.465 e. The second kappa shape index (κ2) is 8.88. The van der Waals surface area contributed by atoms with Gasteiger partial charge in [-0.3, -0.25) is 0 Å². The third kappa shape index (κ3) is 4.70. The highest BCUT2D eigenvalue weighted by Gasteiger charge is 2.12. The van der Waals surface area contributed by atoms with Crippen molar-refractivity contribution in [1.29, 1.82) is 0 Å². The van der Waals surface area contributed by atoms with Crippen LogP contribution in [-0.2, 0) is 9.47 Å². The Bertz CT molecular complexity index is 1060. The third-order valence-electron chi connectivity index (χ3n) is 4.14. The Labute approximate surface area is 166 Å². The van der Waals surface area contributed by atoms with E-state index in [-0.39, 0.29) is 5.82 Å². The van der Waals surface area contributed by atoms with Gasteiger partial charge in [-0.2, -0.15) is 5.11 Å². The molecule has 0 aliphatic carbocycles. The molecule has 146 valence electrons. The molecule has 0 aliphatic rings. The molecule has 0 atom stereocenters. The summed E-state index contributed by atoms with van der Waals surface area (Å²) < 4.78 is 22.5. The second-order valence-corrected chi connectivity index (χ2v) is 5.97. The summed E-state index contributed by atoms with van der Waals surface area (Å²) in [6.45, 7) is 0. The van der Waals surface area contributed by atoms with Crippen molar-refractivity contribution in [3.8, 4) is 11.1 Å². The van der Waals surface area contributed by atoms with Crippen LogP contribution in [0, 0.1) is 5.82 Å². The van der Waals surface area contributed by atoms with Crippen LogP contribution in [0.3, 0.4) is 0 Å². The summed E-state index contributed by atoms with van der Waals surface area (Å²) in [5.41, 5.74) is 3.07. The Balaban J connectivity index is 2.02. The van der Waals surface area contributed by atoms with Crippen molar-refractivity contribution in [2.24, 2.45) is 10.2 Å². The Hall–Kier alpha value is -3.87. The first-order chi connectivity index (χ1) is 14.0. The number of rotatable bonds is 5. The largest absolute Gasteiger partial charge is 0.465 e. The Morgan fingerprint density at radius 2 is 1.34 bits per heavy atom. The molecule has 0 amide bonds. The lowest BCUT2D eigenvalue weighted by Gasteiger charge is -2.08. The first-order valence-corrected chi connectivity index (χ1v) is 8.60. The van der Waals surface area contributed by atoms with Crippen molar-refractivity contribution >= 4 is 23.3 Å². The summed E-state index contributed by atoms with van der Waals surface area (Å²) in [7, 11) is 2.61. The van der Waals surface area contributed by atoms with E-state index in [0.717, 1.165) is 5.56 Å². The first-order valence-electron chi connectivity index (χ1n) is 8.60. The minimum absolute atomic E-state index is 0.315. The van der Waals surface area contributed by atoms with Crippen molar-refractivity contribution in [3.05, 3.63) is 83.7 Å². The van der Waals surface area contributed by atoms with Crippen LogP contribution in [0.15, 0.2) is 77.0 Å². The van der Waals surface area contributed by atoms with Crippen LogP contribution in [0.5, 0.6) is 0 Å². The van der Waals surface area contributed by atoms with Crippen molar-refractivity contribution in [2.45, 2.75) is 0 Å². The van der Waals surface area contributed by atoms with E-state index < -0.39 is 11.9 Å². The number of methoxy groups -OCH3 is 2. The molecule has 0 saturated heterocycles. The molecule has 0 radical (unpaired) electrons. The molecule has 3 rings (SSSR count). The zero-order chi connectivity index (χ0) is 20.8. The minimum atomic E-state index is -0.504. The predicted octanol–water partition coefficient (Wildman–Crippen LogP) is 5.48. The van der Waals surface area contributed by atoms with Crippen LogP contribution in [0.2, 0.25) is 0 Å². The molecule has 3 aromatic carbocycles. The molecule has 0 aliphatic heterocycles. The highest BCUT2D eigenvalue weighted by molar-refractivity contribution is 5.93. The van der Waals surface area contributed by atoms with Gasteiger partial charge in [-0.05, 0) is 54.1 Å². The van der Waals surface area contributed by atoms with Crippen LogP contribution >= 0.6 is 0 Å². The molecular formula is C22H17FN2O4. The summed E-state index contributed by atoms with van der Waals surface area (Å²) in [4.78, 5) is 23.5. The normalized spacial score (nSPS) is 10.7. The lowest BCUT2D eigenvalue weighted by Crippen LogP contribution is -2.01. The monoisotopic (exact) mass is 392 g/mol. The maximum Gasteiger partial charge on any atom is 0.337 e. The van der Waals surface area contributed by atoms with Gasteiger partial charge in [0, 0.05) is 5.56 Å². The Kier molecular flexibility index (Phi) is 6.09. The zero-order valence-electron chi connectivity index (χ0n) is 15.8. The van der Waals surface area contributed by atoms with Gasteiger partial charge in [0.05, 0.1) is 36.7 Å². The quantitative estimate of drug-likeness (QED) is 0.425. The summed E-state index contributed by atoms with van der Waals surface area (Å²) in [5.74, 6) is -1.31. The fourth-order valence-corrected chi connectivity index (χ4v) is 2.63. The average Bonchev–Trinajstić information content (AvgIpc) is 2.77. The molecule has 6 nitrogen and oxygen atoms in total. The number of benzene rings is 3. The van der Waals surface area contributed by atoms with E-state index in [1.165, 1.54) is 38.5 Å². The molecule has 0 unspecified atom stereocenters. The van der Waals surface area contributed by atoms with Crippen molar-refractivity contribution in [2.75, 3.05) is 14.2 Å². The number of azo groups is 1. The molecule has 7 heteroatoms. The van der Waals surface area contributed by atoms with Gasteiger partial charge in [0.25, 0.3) is 0 Å². The van der Waals surface area contributed by atoms with Gasteiger partial charge >= 0.3 is 11.9 Å². The molecule has 0 fully saturated rings. The first kappa shape index (κ1) is 19.9. The van der Waals surface area contributed by atoms with E-state index in [0.29, 0.717) is 28.1 Å². The molecule has 0 heterocycles. The van der Waals surface area contributed by atoms with E-state index in [1.54, 1.807) is 42.5 Å². The zero-order valence-corrected chi connectivity index (χ0v) is 15.8. The van der Waals surface area contributed by atoms with E-state index in [2.05, 4.69) is 10.2 Å². The standard InChI is InChI=1S/C22H17FN2O4/c1-28-21(26)15-5-3-14(4-6-15)19-12-7-16(22(27)29-2)13-20(19)25-24-18-10-8-17(23)9-11-18/h3-13H,1-2H3. The van der Waals surface area contributed by atoms with Crippen LogP contribution in [0.4, 0.5) is 15.8 Å². The Morgan fingerprint density at radius 1 is 0.759 bits per heavy atom. The Morgan fingerprint density at radius 3 is 1.97 bits per heavy atom. The molecule has 29 heavy (non-hydrogen) atoms. The lowest BCUT2D eigenvalue weighted by atomic mass is 10.0. The van der Waals surface area contributed by atoms with Crippen LogP contribution in [0.1, 0.15) is 20.7 Å². The number of esters is 2. The number of nitrogens with zero attached hydrogens (tertiary/aromatic N) is 2. The summed E-state index contributed by atoms with van der Waals surface area (Å²) >= 11 is 0. The fraction of sp³-hybridized carbons (Fsp3) is 0.0909. The van der Waals surface area contributed by atoms with Gasteiger partial charge in [0.15, 0.2) is 0 Å². The predicted molar refractivity (Wildman–Crippen MR) is 105 cm³/mol. The number of hydrogen-bond donors (Lipinski definition) is 0. The highest BCUT2D eigenvalue weighted by atomic mass is 19.1. The van der Waals surface area contributed by atoms with E-state index in [4.69, 9.17) is 9.47 Å². The van der Waals surface area contributed by atoms with E-state index >= 15 is 0 Å². The SMILES string of the molecule is COC(=O)c1ccc(-c2ccc(C(=O)OC)cc2N=Nc2ccc(F)cc2)cc1. The van der Waals surface area contributed by atoms with E-state index in [1.807, 2.05) is 0 Å². The van der Waals surface area contributed by atoms with Crippen LogP contribution in [0.25, 0.3) is 11.1 Å². The smallest absolute Gasteiger partial charge is 0.337 e. The molecule has 0 aromatic heterocycles. The maximum absolute atomic E-state index is 13.1. The van der Waals surface area contributed by atoms with Gasteiger partial charge in [-0.15, -0.1) is 5.11 Å². The van der Waals surface area contributed by atoms with Crippen LogP contribution in [-0.4, -0.2) is 26.2 Å². The van der Waals surface area contributed by atoms with Gasteiger partial charge in [-0.25, -0.2) is 14.0 Å². The fourth-order valence-electron chi connectivity index (χ4n) is 2.63. The number of hydrogen-bond acceptors (Lipinski definition) is 6. The number of ether oxygens (including phenoxy) is 2.